The molecule has 41 heavy (non-hydrogen) atoms. The van der Waals surface area contributed by atoms with Crippen LogP contribution in [0.15, 0.2) is 72.3 Å². The zero-order chi connectivity index (χ0) is 31.6. The van der Waals surface area contributed by atoms with E-state index >= 15 is 0 Å². The highest BCUT2D eigenvalue weighted by molar-refractivity contribution is 5.73. The average Bonchev–Trinajstić information content (AvgIpc) is 3.41. The van der Waals surface area contributed by atoms with Crippen LogP contribution in [0.5, 0.6) is 0 Å². The number of hydrogen-bond acceptors (Lipinski definition) is 3. The lowest BCUT2D eigenvalue weighted by Gasteiger charge is -2.26. The molecule has 4 rings (SSSR count). The lowest BCUT2D eigenvalue weighted by Crippen LogP contribution is -2.20. The van der Waals surface area contributed by atoms with Gasteiger partial charge in [-0.15, -0.1) is 0 Å². The molecule has 0 spiro atoms. The Morgan fingerprint density at radius 3 is 1.95 bits per heavy atom. The molecule has 1 heterocycles. The van der Waals surface area contributed by atoms with Gasteiger partial charge in [0.15, 0.2) is 0 Å². The Morgan fingerprint density at radius 1 is 0.951 bits per heavy atom. The van der Waals surface area contributed by atoms with Crippen molar-refractivity contribution in [2.75, 3.05) is 19.5 Å². The molecule has 228 valence electrons. The molecule has 1 aliphatic rings. The summed E-state index contributed by atoms with van der Waals surface area (Å²) in [5, 5.41) is 11.7. The van der Waals surface area contributed by atoms with Crippen molar-refractivity contribution in [3.05, 3.63) is 88.4 Å². The van der Waals surface area contributed by atoms with E-state index in [2.05, 4.69) is 73.7 Å². The number of carbonyl (C=O) groups is 1. The van der Waals surface area contributed by atoms with Crippen LogP contribution in [0.25, 0.3) is 23.9 Å². The molecule has 5 N–H and O–H groups in total. The molecule has 2 aromatic carbocycles. The van der Waals surface area contributed by atoms with Gasteiger partial charge in [-0.1, -0.05) is 114 Å². The molecule has 1 amide bonds. The number of hydrogen-bond donors (Lipinski definition) is 4. The van der Waals surface area contributed by atoms with Crippen LogP contribution in [0.4, 0.5) is 5.69 Å². The Morgan fingerprint density at radius 2 is 1.49 bits per heavy atom. The maximum Gasteiger partial charge on any atom is 0.211 e. The number of aryl methyl sites for hydroxylation is 1. The Hall–Kier alpha value is -3.41. The number of aromatic amines is 1. The normalized spacial score (nSPS) is 15.8. The first-order chi connectivity index (χ1) is 20.0. The summed E-state index contributed by atoms with van der Waals surface area (Å²) in [5.41, 5.74) is 10.2. The number of anilines is 1. The number of aromatic nitrogens is 1. The van der Waals surface area contributed by atoms with Crippen LogP contribution in [-0.2, 0) is 4.79 Å². The van der Waals surface area contributed by atoms with E-state index in [1.165, 1.54) is 43.9 Å². The van der Waals surface area contributed by atoms with Gasteiger partial charge in [0.25, 0.3) is 0 Å². The number of aliphatic hydroxyl groups is 1. The highest BCUT2D eigenvalue weighted by Crippen LogP contribution is 2.32. The summed E-state index contributed by atoms with van der Waals surface area (Å²) < 4.78 is 0. The lowest BCUT2D eigenvalue weighted by molar-refractivity contribution is -0.105. The first-order valence-corrected chi connectivity index (χ1v) is 14.9. The van der Waals surface area contributed by atoms with E-state index in [-0.39, 0.29) is 0 Å². The van der Waals surface area contributed by atoms with Crippen molar-refractivity contribution < 1.29 is 9.90 Å². The quantitative estimate of drug-likeness (QED) is 0.243. The molecule has 0 unspecified atom stereocenters. The number of rotatable bonds is 5. The number of carbonyl (C=O) groups excluding carboxylic acids is 1. The summed E-state index contributed by atoms with van der Waals surface area (Å²) >= 11 is 0. The van der Waals surface area contributed by atoms with E-state index in [1.54, 1.807) is 0 Å². The molecule has 0 bridgehead atoms. The number of nitrogens with two attached hydrogens (primary N) is 1. The van der Waals surface area contributed by atoms with Crippen molar-refractivity contribution in [2.24, 2.45) is 17.6 Å². The minimum Gasteiger partial charge on any atom is -0.400 e. The predicted octanol–water partition coefficient (Wildman–Crippen LogP) is 7.44. The van der Waals surface area contributed by atoms with Crippen LogP contribution in [0.1, 0.15) is 72.8 Å². The van der Waals surface area contributed by atoms with Crippen LogP contribution in [0.3, 0.4) is 0 Å². The van der Waals surface area contributed by atoms with Crippen LogP contribution in [0, 0.1) is 18.8 Å². The van der Waals surface area contributed by atoms with Crippen LogP contribution >= 0.6 is 0 Å². The molecule has 5 nitrogen and oxygen atoms in total. The first-order valence-electron chi connectivity index (χ1n) is 14.9. The summed E-state index contributed by atoms with van der Waals surface area (Å²) in [6.45, 7) is 18.9. The summed E-state index contributed by atoms with van der Waals surface area (Å²) in [4.78, 5) is 14.0. The van der Waals surface area contributed by atoms with Crippen molar-refractivity contribution in [1.82, 2.24) is 4.98 Å². The zero-order valence-electron chi connectivity index (χ0n) is 27.1. The number of benzene rings is 2. The molecule has 0 radical (unpaired) electrons. The highest BCUT2D eigenvalue weighted by atomic mass is 16.2. The van der Waals surface area contributed by atoms with Crippen molar-refractivity contribution in [2.45, 2.75) is 74.1 Å². The summed E-state index contributed by atoms with van der Waals surface area (Å²) in [6.07, 6.45) is 10.4. The van der Waals surface area contributed by atoms with E-state index in [9.17, 15) is 4.79 Å². The third-order valence-electron chi connectivity index (χ3n) is 6.47. The van der Waals surface area contributed by atoms with E-state index in [4.69, 9.17) is 5.11 Å². The molecule has 0 aliphatic heterocycles. The minimum atomic E-state index is 0.687. The maximum absolute atomic E-state index is 10.5. The number of amides is 1. The Kier molecular flexibility index (Phi) is 24.8. The van der Waals surface area contributed by atoms with E-state index < -0.39 is 0 Å². The smallest absolute Gasteiger partial charge is 0.211 e. The molecule has 1 saturated carbocycles. The molecule has 0 atom stereocenters. The van der Waals surface area contributed by atoms with Gasteiger partial charge in [-0.05, 0) is 80.6 Å². The maximum atomic E-state index is 10.5. The third-order valence-corrected chi connectivity index (χ3v) is 6.47. The molecular weight excluding hydrogens is 506 g/mol. The van der Waals surface area contributed by atoms with Crippen LogP contribution in [-0.4, -0.2) is 30.7 Å². The summed E-state index contributed by atoms with van der Waals surface area (Å²) in [5.74, 6) is 1.61. The van der Waals surface area contributed by atoms with Crippen molar-refractivity contribution in [3.63, 3.8) is 0 Å². The van der Waals surface area contributed by atoms with Gasteiger partial charge < -0.3 is 21.1 Å². The van der Waals surface area contributed by atoms with Crippen molar-refractivity contribution in [3.8, 4) is 11.3 Å². The van der Waals surface area contributed by atoms with Crippen LogP contribution < -0.4 is 21.6 Å². The fourth-order valence-electron chi connectivity index (χ4n) is 4.23. The monoisotopic (exact) mass is 563 g/mol. The second kappa shape index (κ2) is 25.6. The number of allylic oxidation sites excluding steroid dienone is 2. The lowest BCUT2D eigenvalue weighted by atomic mass is 9.79. The van der Waals surface area contributed by atoms with Gasteiger partial charge in [0.1, 0.15) is 0 Å². The van der Waals surface area contributed by atoms with Gasteiger partial charge in [-0.3, -0.25) is 4.79 Å². The third kappa shape index (κ3) is 15.8. The van der Waals surface area contributed by atoms with E-state index in [0.29, 0.717) is 6.41 Å². The van der Waals surface area contributed by atoms with Gasteiger partial charge >= 0.3 is 0 Å². The highest BCUT2D eigenvalue weighted by Gasteiger charge is 2.18. The Balaban J connectivity index is 0. The number of H-pyrrole nitrogens is 1. The molecule has 0 saturated heterocycles. The summed E-state index contributed by atoms with van der Waals surface area (Å²) in [6, 6.07) is 20.1. The molecular formula is C36H57N3O2. The van der Waals surface area contributed by atoms with Crippen molar-refractivity contribution in [1.29, 1.82) is 0 Å². The molecule has 1 fully saturated rings. The van der Waals surface area contributed by atoms with Gasteiger partial charge in [0, 0.05) is 23.8 Å². The van der Waals surface area contributed by atoms with Crippen molar-refractivity contribution >= 4 is 24.8 Å². The predicted molar refractivity (Wildman–Crippen MR) is 182 cm³/mol. The standard InChI is InChI=1S/C23H28N2O.C7H8.2C2H6.CH5N.CH4O/c1-16-4-7-19(8-5-16)17(2)6-13-22-18(3)14-23(25-22)20-9-11-21(12-10-20)24-15-26;1-7-5-3-2-4-6-7;4*1-2/h6,9-16,19,25H,3-5,7-8H2,1-2H3,(H,24,26);2-6H,1H3;2*1-2H3;2H2,1H3;2H,1H3/b17-6+,22-13+;;;;;. The number of aliphatic hydroxyl groups excluding tert-OH is 1. The first kappa shape index (κ1) is 39.7. The van der Waals surface area contributed by atoms with Gasteiger partial charge in [-0.2, -0.15) is 0 Å². The number of nitrogens with one attached hydrogen (secondary N) is 2. The Labute approximate surface area is 250 Å². The van der Waals surface area contributed by atoms with Gasteiger partial charge in [0.2, 0.25) is 6.41 Å². The molecule has 1 aromatic heterocycles. The topological polar surface area (TPSA) is 91.1 Å². The van der Waals surface area contributed by atoms with E-state index in [1.807, 2.05) is 70.2 Å². The van der Waals surface area contributed by atoms with Gasteiger partial charge in [-0.25, -0.2) is 0 Å². The molecule has 5 heteroatoms. The largest absolute Gasteiger partial charge is 0.400 e. The van der Waals surface area contributed by atoms with E-state index in [0.717, 1.165) is 46.5 Å². The SMILES string of the molecule is C=c1cc(-c2ccc(NC=O)cc2)[nH]/c1=C/C=C(\C)C1CCC(C)CC1.CC.CC.CN.CO.Cc1ccccc1. The molecule has 3 aromatic rings. The van der Waals surface area contributed by atoms with Gasteiger partial charge in [0.05, 0.1) is 0 Å². The Bertz CT molecular complexity index is 1160. The molecule has 1 aliphatic carbocycles. The van der Waals surface area contributed by atoms with Crippen LogP contribution in [0.2, 0.25) is 0 Å². The minimum absolute atomic E-state index is 0.687. The zero-order valence-corrected chi connectivity index (χ0v) is 27.1. The fraction of sp³-hybridized carbons (Fsp3) is 0.417. The summed E-state index contributed by atoms with van der Waals surface area (Å²) in [7, 11) is 2.50. The average molecular weight is 564 g/mol. The fourth-order valence-corrected chi connectivity index (χ4v) is 4.23. The second-order valence-corrected chi connectivity index (χ2v) is 9.15. The second-order valence-electron chi connectivity index (χ2n) is 9.15.